The molecule has 0 fully saturated rings. The van der Waals surface area contributed by atoms with E-state index in [4.69, 9.17) is 10.8 Å². The van der Waals surface area contributed by atoms with Crippen molar-refractivity contribution in [1.29, 1.82) is 0 Å². The first-order valence-electron chi connectivity index (χ1n) is 3.65. The number of nitrogens with zero attached hydrogens (tertiary/aromatic N) is 1. The second kappa shape index (κ2) is 2.48. The maximum absolute atomic E-state index is 10.7. The predicted molar refractivity (Wildman–Crippen MR) is 47.5 cm³/mol. The van der Waals surface area contributed by atoms with Gasteiger partial charge in [0.15, 0.2) is 0 Å². The van der Waals surface area contributed by atoms with E-state index in [0.717, 1.165) is 5.52 Å². The Balaban J connectivity index is 2.80. The molecule has 0 radical (unpaired) electrons. The lowest BCUT2D eigenvalue weighted by molar-refractivity contribution is 0.0698. The minimum Gasteiger partial charge on any atom is -0.478 e. The van der Waals surface area contributed by atoms with E-state index in [1.807, 2.05) is 0 Å². The molecule has 1 aromatic carbocycles. The largest absolute Gasteiger partial charge is 0.478 e. The van der Waals surface area contributed by atoms with Gasteiger partial charge in [-0.05, 0) is 12.1 Å². The Morgan fingerprint density at radius 3 is 3.00 bits per heavy atom. The van der Waals surface area contributed by atoms with Crippen LogP contribution < -0.4 is 5.73 Å². The molecule has 4 N–H and O–H groups in total. The standard InChI is InChI=1S/C8H7N3O2/c9-7-4(8(12)13)1-2-6-5(7)3-10-11-6/h1-3H,9H2,(H,10,11)(H,12,13). The first kappa shape index (κ1) is 7.60. The molecule has 0 saturated heterocycles. The number of fused-ring (bicyclic) bond motifs is 1. The number of anilines is 1. The lowest BCUT2D eigenvalue weighted by atomic mass is 10.1. The van der Waals surface area contributed by atoms with Gasteiger partial charge in [-0.2, -0.15) is 5.10 Å². The number of aromatic carboxylic acids is 1. The topological polar surface area (TPSA) is 92.0 Å². The van der Waals surface area contributed by atoms with E-state index < -0.39 is 5.97 Å². The fraction of sp³-hybridized carbons (Fsp3) is 0. The number of H-pyrrole nitrogens is 1. The first-order chi connectivity index (χ1) is 6.20. The first-order valence-corrected chi connectivity index (χ1v) is 3.65. The van der Waals surface area contributed by atoms with E-state index in [0.29, 0.717) is 5.39 Å². The van der Waals surface area contributed by atoms with Crippen LogP contribution in [0.4, 0.5) is 5.69 Å². The maximum atomic E-state index is 10.7. The second-order valence-electron chi connectivity index (χ2n) is 2.66. The van der Waals surface area contributed by atoms with Crippen molar-refractivity contribution in [3.8, 4) is 0 Å². The van der Waals surface area contributed by atoms with E-state index in [1.165, 1.54) is 12.3 Å². The molecule has 1 aromatic heterocycles. The van der Waals surface area contributed by atoms with Crippen LogP contribution in [-0.4, -0.2) is 21.3 Å². The van der Waals surface area contributed by atoms with Crippen LogP contribution in [0.25, 0.3) is 10.9 Å². The highest BCUT2D eigenvalue weighted by molar-refractivity contribution is 6.03. The lowest BCUT2D eigenvalue weighted by Crippen LogP contribution is -2.01. The molecule has 2 aromatic rings. The zero-order valence-corrected chi connectivity index (χ0v) is 6.61. The molecule has 0 spiro atoms. The minimum atomic E-state index is -1.03. The number of hydrogen-bond acceptors (Lipinski definition) is 3. The van der Waals surface area contributed by atoms with Crippen molar-refractivity contribution in [2.75, 3.05) is 5.73 Å². The molecule has 66 valence electrons. The Labute approximate surface area is 73.2 Å². The van der Waals surface area contributed by atoms with Gasteiger partial charge in [-0.15, -0.1) is 0 Å². The van der Waals surface area contributed by atoms with E-state index in [1.54, 1.807) is 6.07 Å². The number of nitrogens with one attached hydrogen (secondary N) is 1. The molecule has 0 aliphatic rings. The molecule has 5 nitrogen and oxygen atoms in total. The summed E-state index contributed by atoms with van der Waals surface area (Å²) in [6.07, 6.45) is 1.51. The van der Waals surface area contributed by atoms with Crippen molar-refractivity contribution in [2.24, 2.45) is 0 Å². The van der Waals surface area contributed by atoms with Gasteiger partial charge in [-0.1, -0.05) is 0 Å². The van der Waals surface area contributed by atoms with Gasteiger partial charge in [-0.25, -0.2) is 4.79 Å². The van der Waals surface area contributed by atoms with Gasteiger partial charge in [0.25, 0.3) is 0 Å². The van der Waals surface area contributed by atoms with Crippen LogP contribution in [0, 0.1) is 0 Å². The third-order valence-electron chi connectivity index (χ3n) is 1.90. The van der Waals surface area contributed by atoms with Crippen molar-refractivity contribution in [1.82, 2.24) is 10.2 Å². The summed E-state index contributed by atoms with van der Waals surface area (Å²) < 4.78 is 0. The molecule has 0 unspecified atom stereocenters. The van der Waals surface area contributed by atoms with Crippen LogP contribution in [-0.2, 0) is 0 Å². The average Bonchev–Trinajstić information content (AvgIpc) is 2.52. The summed E-state index contributed by atoms with van der Waals surface area (Å²) in [6, 6.07) is 3.10. The van der Waals surface area contributed by atoms with Crippen LogP contribution in [0.15, 0.2) is 18.3 Å². The predicted octanol–water partition coefficient (Wildman–Crippen LogP) is 0.843. The fourth-order valence-corrected chi connectivity index (χ4v) is 1.23. The third-order valence-corrected chi connectivity index (χ3v) is 1.90. The van der Waals surface area contributed by atoms with E-state index in [-0.39, 0.29) is 11.3 Å². The van der Waals surface area contributed by atoms with Crippen molar-refractivity contribution in [2.45, 2.75) is 0 Å². The van der Waals surface area contributed by atoms with Crippen molar-refractivity contribution >= 4 is 22.6 Å². The molecular formula is C8H7N3O2. The van der Waals surface area contributed by atoms with Gasteiger partial charge < -0.3 is 10.8 Å². The van der Waals surface area contributed by atoms with Crippen molar-refractivity contribution in [3.63, 3.8) is 0 Å². The smallest absolute Gasteiger partial charge is 0.337 e. The van der Waals surface area contributed by atoms with Crippen LogP contribution in [0.5, 0.6) is 0 Å². The number of nitrogen functional groups attached to an aromatic ring is 1. The third kappa shape index (κ3) is 1.01. The summed E-state index contributed by atoms with van der Waals surface area (Å²) in [5.74, 6) is -1.03. The van der Waals surface area contributed by atoms with Gasteiger partial charge in [0.05, 0.1) is 23.0 Å². The number of benzene rings is 1. The summed E-state index contributed by atoms with van der Waals surface area (Å²) in [6.45, 7) is 0. The molecule has 1 heterocycles. The van der Waals surface area contributed by atoms with E-state index >= 15 is 0 Å². The number of aromatic nitrogens is 2. The minimum absolute atomic E-state index is 0.105. The molecular weight excluding hydrogens is 170 g/mol. The van der Waals surface area contributed by atoms with Crippen LogP contribution in [0.3, 0.4) is 0 Å². The Hall–Kier alpha value is -2.04. The molecule has 0 aliphatic heterocycles. The molecule has 2 rings (SSSR count). The van der Waals surface area contributed by atoms with Crippen LogP contribution in [0.1, 0.15) is 10.4 Å². The average molecular weight is 177 g/mol. The summed E-state index contributed by atoms with van der Waals surface area (Å²) in [5.41, 5.74) is 6.72. The number of aromatic amines is 1. The molecule has 0 atom stereocenters. The van der Waals surface area contributed by atoms with Crippen molar-refractivity contribution in [3.05, 3.63) is 23.9 Å². The molecule has 0 bridgehead atoms. The zero-order valence-electron chi connectivity index (χ0n) is 6.61. The molecule has 13 heavy (non-hydrogen) atoms. The molecule has 0 aliphatic carbocycles. The highest BCUT2D eigenvalue weighted by Crippen LogP contribution is 2.22. The monoisotopic (exact) mass is 177 g/mol. The van der Waals surface area contributed by atoms with Crippen LogP contribution in [0.2, 0.25) is 0 Å². The number of carboxylic acid groups (broad SMARTS) is 1. The number of carbonyl (C=O) groups is 1. The molecule has 5 heteroatoms. The summed E-state index contributed by atoms with van der Waals surface area (Å²) in [7, 11) is 0. The lowest BCUT2D eigenvalue weighted by Gasteiger charge is -2.00. The quantitative estimate of drug-likeness (QED) is 0.563. The van der Waals surface area contributed by atoms with Gasteiger partial charge >= 0.3 is 5.97 Å². The molecule has 0 saturated carbocycles. The Kier molecular flexibility index (Phi) is 1.45. The summed E-state index contributed by atoms with van der Waals surface area (Å²) >= 11 is 0. The second-order valence-corrected chi connectivity index (χ2v) is 2.66. The number of carboxylic acids is 1. The number of hydrogen-bond donors (Lipinski definition) is 3. The highest BCUT2D eigenvalue weighted by Gasteiger charge is 2.10. The number of rotatable bonds is 1. The fourth-order valence-electron chi connectivity index (χ4n) is 1.23. The Bertz CT molecular complexity index is 475. The zero-order chi connectivity index (χ0) is 9.42. The summed E-state index contributed by atoms with van der Waals surface area (Å²) in [4.78, 5) is 10.7. The van der Waals surface area contributed by atoms with Gasteiger partial charge in [0.2, 0.25) is 0 Å². The highest BCUT2D eigenvalue weighted by atomic mass is 16.4. The van der Waals surface area contributed by atoms with Crippen LogP contribution >= 0.6 is 0 Å². The maximum Gasteiger partial charge on any atom is 0.337 e. The van der Waals surface area contributed by atoms with Gasteiger partial charge in [0, 0.05) is 5.39 Å². The SMILES string of the molecule is Nc1c(C(=O)O)ccc2[nH]ncc12. The van der Waals surface area contributed by atoms with Crippen molar-refractivity contribution < 1.29 is 9.90 Å². The Morgan fingerprint density at radius 2 is 2.31 bits per heavy atom. The van der Waals surface area contributed by atoms with Gasteiger partial charge in [-0.3, -0.25) is 5.10 Å². The van der Waals surface area contributed by atoms with E-state index in [9.17, 15) is 4.79 Å². The summed E-state index contributed by atoms with van der Waals surface area (Å²) in [5, 5.41) is 15.9. The Morgan fingerprint density at radius 1 is 1.54 bits per heavy atom. The normalized spacial score (nSPS) is 10.5. The molecule has 0 amide bonds. The van der Waals surface area contributed by atoms with E-state index in [2.05, 4.69) is 10.2 Å². The number of nitrogens with two attached hydrogens (primary N) is 1. The van der Waals surface area contributed by atoms with Gasteiger partial charge in [0.1, 0.15) is 0 Å².